The number of carbonyl (C=O) groups is 4. The molecule has 1 aromatic carbocycles. The van der Waals surface area contributed by atoms with Crippen molar-refractivity contribution in [2.75, 3.05) is 11.4 Å². The third kappa shape index (κ3) is 7.13. The van der Waals surface area contributed by atoms with Crippen molar-refractivity contribution in [2.45, 2.75) is 38.8 Å². The topological polar surface area (TPSA) is 186 Å². The normalized spacial score (nSPS) is 16.3. The van der Waals surface area contributed by atoms with Crippen molar-refractivity contribution in [1.29, 1.82) is 5.41 Å². The molecule has 2 atom stereocenters. The van der Waals surface area contributed by atoms with Crippen LogP contribution in [-0.4, -0.2) is 58.6 Å². The molecular formula is C18H25N5O6. The molecule has 3 amide bonds. The van der Waals surface area contributed by atoms with E-state index >= 15 is 0 Å². The zero-order chi connectivity index (χ0) is 22.1. The van der Waals surface area contributed by atoms with Crippen molar-refractivity contribution in [1.82, 2.24) is 10.6 Å². The minimum Gasteiger partial charge on any atom is -0.481 e. The number of amides is 3. The number of hydrogen-bond donors (Lipinski definition) is 6. The molecule has 158 valence electrons. The van der Waals surface area contributed by atoms with Crippen LogP contribution in [-0.2, 0) is 14.4 Å². The first-order valence-electron chi connectivity index (χ1n) is 8.82. The molecule has 11 heteroatoms. The summed E-state index contributed by atoms with van der Waals surface area (Å²) in [4.78, 5) is 45.8. The summed E-state index contributed by atoms with van der Waals surface area (Å²) in [5.74, 6) is -2.28. The minimum atomic E-state index is -1.12. The summed E-state index contributed by atoms with van der Waals surface area (Å²) in [5.41, 5.74) is 6.61. The molecule has 7 N–H and O–H groups in total. The second-order valence-corrected chi connectivity index (χ2v) is 6.23. The standard InChI is InChI=1S/C16H21N5O4.C2H4O2/c1-2-11(15(23)24)19-16(25)20-12-7-8-21(14(12)22)10-5-3-9(4-6-10)13(17)18;1-2(3)4/h3-6,11-12H,2,7-8H2,1H3,(H3,17,18)(H,23,24)(H2,19,20,25);1H3,(H,3,4)/t11-,12+;/m1./s1. The van der Waals surface area contributed by atoms with Crippen molar-refractivity contribution in [3.63, 3.8) is 0 Å². The second kappa shape index (κ2) is 10.6. The average Bonchev–Trinajstić information content (AvgIpc) is 2.99. The summed E-state index contributed by atoms with van der Waals surface area (Å²) < 4.78 is 0. The first-order valence-corrected chi connectivity index (χ1v) is 8.82. The lowest BCUT2D eigenvalue weighted by Crippen LogP contribution is -2.50. The van der Waals surface area contributed by atoms with Crippen LogP contribution < -0.4 is 21.3 Å². The van der Waals surface area contributed by atoms with Crippen LogP contribution in [0.2, 0.25) is 0 Å². The Morgan fingerprint density at radius 1 is 1.28 bits per heavy atom. The van der Waals surface area contributed by atoms with Gasteiger partial charge in [-0.05, 0) is 37.1 Å². The highest BCUT2D eigenvalue weighted by Gasteiger charge is 2.34. The molecule has 0 aromatic heterocycles. The summed E-state index contributed by atoms with van der Waals surface area (Å²) >= 11 is 0. The lowest BCUT2D eigenvalue weighted by Gasteiger charge is -2.18. The molecule has 1 fully saturated rings. The monoisotopic (exact) mass is 407 g/mol. The molecule has 0 aliphatic carbocycles. The van der Waals surface area contributed by atoms with Gasteiger partial charge in [0.05, 0.1) is 0 Å². The van der Waals surface area contributed by atoms with Gasteiger partial charge in [0.25, 0.3) is 5.97 Å². The van der Waals surface area contributed by atoms with Crippen LogP contribution in [0.4, 0.5) is 10.5 Å². The van der Waals surface area contributed by atoms with E-state index in [-0.39, 0.29) is 18.2 Å². The Morgan fingerprint density at radius 2 is 1.83 bits per heavy atom. The number of nitrogen functional groups attached to an aromatic ring is 1. The van der Waals surface area contributed by atoms with Crippen LogP contribution >= 0.6 is 0 Å². The van der Waals surface area contributed by atoms with Gasteiger partial charge in [0.15, 0.2) is 0 Å². The van der Waals surface area contributed by atoms with Crippen LogP contribution in [0.1, 0.15) is 32.3 Å². The first-order chi connectivity index (χ1) is 13.6. The first kappa shape index (κ1) is 23.4. The Kier molecular flexibility index (Phi) is 8.59. The number of aliphatic carboxylic acids is 2. The number of urea groups is 1. The van der Waals surface area contributed by atoms with E-state index in [0.717, 1.165) is 6.92 Å². The van der Waals surface area contributed by atoms with Gasteiger partial charge in [0, 0.05) is 24.7 Å². The predicted octanol–water partition coefficient (Wildman–Crippen LogP) is 0.329. The summed E-state index contributed by atoms with van der Waals surface area (Å²) in [6, 6.07) is 4.30. The van der Waals surface area contributed by atoms with E-state index in [1.807, 2.05) is 0 Å². The average molecular weight is 407 g/mol. The van der Waals surface area contributed by atoms with Gasteiger partial charge in [0.1, 0.15) is 17.9 Å². The smallest absolute Gasteiger partial charge is 0.326 e. The molecule has 11 nitrogen and oxygen atoms in total. The van der Waals surface area contributed by atoms with Crippen molar-refractivity contribution >= 4 is 35.4 Å². The maximum absolute atomic E-state index is 12.4. The van der Waals surface area contributed by atoms with Crippen LogP contribution in [0, 0.1) is 5.41 Å². The maximum atomic E-state index is 12.4. The molecule has 1 aromatic rings. The summed E-state index contributed by atoms with van der Waals surface area (Å²) in [7, 11) is 0. The Bertz CT molecular complexity index is 775. The summed E-state index contributed by atoms with van der Waals surface area (Å²) in [5, 5.41) is 28.6. The number of rotatable bonds is 6. The molecular weight excluding hydrogens is 382 g/mol. The molecule has 2 rings (SSSR count). The highest BCUT2D eigenvalue weighted by molar-refractivity contribution is 6.02. The number of hydrogen-bond acceptors (Lipinski definition) is 5. The van der Waals surface area contributed by atoms with Gasteiger partial charge < -0.3 is 31.5 Å². The number of carbonyl (C=O) groups excluding carboxylic acids is 2. The van der Waals surface area contributed by atoms with Crippen LogP contribution in [0.3, 0.4) is 0 Å². The SMILES string of the molecule is CC(=O)O.CC[C@@H](NC(=O)N[C@H]1CCN(c2ccc(C(=N)N)cc2)C1=O)C(=O)O. The molecule has 0 spiro atoms. The van der Waals surface area contributed by atoms with Crippen molar-refractivity contribution in [3.05, 3.63) is 29.8 Å². The second-order valence-electron chi connectivity index (χ2n) is 6.23. The number of carboxylic acids is 2. The number of nitrogens with two attached hydrogens (primary N) is 1. The fourth-order valence-electron chi connectivity index (χ4n) is 2.59. The summed E-state index contributed by atoms with van der Waals surface area (Å²) in [6.07, 6.45) is 0.667. The Labute approximate surface area is 167 Å². The molecule has 1 aliphatic rings. The number of nitrogens with one attached hydrogen (secondary N) is 3. The number of carboxylic acid groups (broad SMARTS) is 2. The largest absolute Gasteiger partial charge is 0.481 e. The van der Waals surface area contributed by atoms with E-state index in [1.54, 1.807) is 31.2 Å². The molecule has 0 radical (unpaired) electrons. The Balaban J connectivity index is 0.000000960. The summed E-state index contributed by atoms with van der Waals surface area (Å²) in [6.45, 7) is 3.16. The van der Waals surface area contributed by atoms with E-state index in [9.17, 15) is 14.4 Å². The maximum Gasteiger partial charge on any atom is 0.326 e. The fraction of sp³-hybridized carbons (Fsp3) is 0.389. The molecule has 0 saturated carbocycles. The molecule has 0 unspecified atom stereocenters. The van der Waals surface area contributed by atoms with Gasteiger partial charge in [-0.3, -0.25) is 15.0 Å². The predicted molar refractivity (Wildman–Crippen MR) is 105 cm³/mol. The quantitative estimate of drug-likeness (QED) is 0.289. The Morgan fingerprint density at radius 3 is 2.28 bits per heavy atom. The van der Waals surface area contributed by atoms with Gasteiger partial charge in [-0.25, -0.2) is 9.59 Å². The third-order valence-electron chi connectivity index (χ3n) is 4.01. The zero-order valence-electron chi connectivity index (χ0n) is 16.1. The van der Waals surface area contributed by atoms with Crippen LogP contribution in [0.15, 0.2) is 24.3 Å². The van der Waals surface area contributed by atoms with Crippen molar-refractivity contribution in [3.8, 4) is 0 Å². The molecule has 0 bridgehead atoms. The minimum absolute atomic E-state index is 0.0561. The highest BCUT2D eigenvalue weighted by Crippen LogP contribution is 2.22. The lowest BCUT2D eigenvalue weighted by molar-refractivity contribution is -0.139. The zero-order valence-corrected chi connectivity index (χ0v) is 16.1. The highest BCUT2D eigenvalue weighted by atomic mass is 16.4. The van der Waals surface area contributed by atoms with Gasteiger partial charge in [-0.2, -0.15) is 0 Å². The van der Waals surface area contributed by atoms with Crippen LogP contribution in [0.25, 0.3) is 0 Å². The molecule has 1 aliphatic heterocycles. The van der Waals surface area contributed by atoms with Crippen molar-refractivity contribution in [2.24, 2.45) is 5.73 Å². The molecule has 1 saturated heterocycles. The number of amidine groups is 1. The van der Waals surface area contributed by atoms with E-state index in [4.69, 9.17) is 26.2 Å². The van der Waals surface area contributed by atoms with E-state index in [2.05, 4.69) is 10.6 Å². The number of anilines is 1. The van der Waals surface area contributed by atoms with E-state index in [1.165, 1.54) is 4.90 Å². The van der Waals surface area contributed by atoms with Crippen LogP contribution in [0.5, 0.6) is 0 Å². The van der Waals surface area contributed by atoms with E-state index in [0.29, 0.717) is 24.2 Å². The molecule has 29 heavy (non-hydrogen) atoms. The van der Waals surface area contributed by atoms with Gasteiger partial charge in [-0.15, -0.1) is 0 Å². The van der Waals surface area contributed by atoms with Gasteiger partial charge in [-0.1, -0.05) is 6.92 Å². The number of benzene rings is 1. The lowest BCUT2D eigenvalue weighted by atomic mass is 10.2. The van der Waals surface area contributed by atoms with Gasteiger partial charge in [0.2, 0.25) is 5.91 Å². The Hall–Kier alpha value is -3.63. The van der Waals surface area contributed by atoms with Gasteiger partial charge >= 0.3 is 12.0 Å². The van der Waals surface area contributed by atoms with Crippen molar-refractivity contribution < 1.29 is 29.4 Å². The third-order valence-corrected chi connectivity index (χ3v) is 4.01. The number of nitrogens with zero attached hydrogens (tertiary/aromatic N) is 1. The fourth-order valence-corrected chi connectivity index (χ4v) is 2.59. The molecule has 1 heterocycles. The van der Waals surface area contributed by atoms with E-state index < -0.39 is 30.1 Å².